The van der Waals surface area contributed by atoms with Crippen LogP contribution in [0.15, 0.2) is 158 Å². The zero-order chi connectivity index (χ0) is 46.5. The van der Waals surface area contributed by atoms with Gasteiger partial charge in [0, 0.05) is 19.6 Å². The maximum atomic E-state index is 12.6. The fourth-order valence-electron chi connectivity index (χ4n) is 5.53. The van der Waals surface area contributed by atoms with Crippen LogP contribution in [0.5, 0.6) is 0 Å². The Bertz CT molecular complexity index is 1530. The fourth-order valence-corrected chi connectivity index (χ4v) is 6.30. The van der Waals surface area contributed by atoms with Gasteiger partial charge in [0.25, 0.3) is 0 Å². The Balaban J connectivity index is 4.21. The highest BCUT2D eigenvalue weighted by molar-refractivity contribution is 7.47. The van der Waals surface area contributed by atoms with Gasteiger partial charge in [0.1, 0.15) is 6.10 Å². The molecule has 0 spiro atoms. The van der Waals surface area contributed by atoms with E-state index in [0.29, 0.717) is 13.0 Å². The van der Waals surface area contributed by atoms with Gasteiger partial charge in [0.05, 0.1) is 19.8 Å². The quantitative estimate of drug-likeness (QED) is 0.0269. The van der Waals surface area contributed by atoms with Gasteiger partial charge in [0.2, 0.25) is 0 Å². The van der Waals surface area contributed by atoms with E-state index < -0.39 is 19.9 Å². The number of hydrogen-bond acceptors (Lipinski definition) is 7. The molecule has 0 aliphatic carbocycles. The zero-order valence-corrected chi connectivity index (χ0v) is 40.6. The van der Waals surface area contributed by atoms with Crippen LogP contribution in [0.3, 0.4) is 0 Å². The molecule has 0 rings (SSSR count). The summed E-state index contributed by atoms with van der Waals surface area (Å²) in [5.74, 6) is -0.429. The van der Waals surface area contributed by atoms with Crippen LogP contribution in [0, 0.1) is 0 Å². The molecule has 0 saturated carbocycles. The number of unbranched alkanes of at least 4 members (excludes halogenated alkanes) is 4. The van der Waals surface area contributed by atoms with Crippen LogP contribution in [0.25, 0.3) is 0 Å². The van der Waals surface area contributed by atoms with E-state index in [4.69, 9.17) is 24.3 Å². The molecule has 2 atom stereocenters. The molecule has 0 fully saturated rings. The molecule has 0 aromatic heterocycles. The number of hydrogen-bond donors (Lipinski definition) is 2. The van der Waals surface area contributed by atoms with Crippen molar-refractivity contribution < 1.29 is 32.8 Å². The van der Waals surface area contributed by atoms with Crippen LogP contribution >= 0.6 is 7.82 Å². The second kappa shape index (κ2) is 50.1. The molecule has 0 saturated heterocycles. The third-order valence-electron chi connectivity index (χ3n) is 8.95. The van der Waals surface area contributed by atoms with Gasteiger partial charge in [-0.15, -0.1) is 0 Å². The highest BCUT2D eigenvalue weighted by atomic mass is 31.2. The van der Waals surface area contributed by atoms with Gasteiger partial charge in [0.15, 0.2) is 0 Å². The zero-order valence-electron chi connectivity index (χ0n) is 39.7. The summed E-state index contributed by atoms with van der Waals surface area (Å²) in [6, 6.07) is 0. The van der Waals surface area contributed by atoms with Crippen molar-refractivity contribution in [1.82, 2.24) is 0 Å². The summed E-state index contributed by atoms with van der Waals surface area (Å²) in [6.45, 7) is 4.47. The maximum Gasteiger partial charge on any atom is 0.472 e. The van der Waals surface area contributed by atoms with Gasteiger partial charge in [-0.05, 0) is 109 Å². The first-order chi connectivity index (χ1) is 31.4. The fraction of sp³-hybridized carbons (Fsp3) is 0.509. The number of carbonyl (C=O) groups is 1. The molecular weight excluding hydrogens is 818 g/mol. The van der Waals surface area contributed by atoms with Crippen LogP contribution in [0.1, 0.15) is 142 Å². The summed E-state index contributed by atoms with van der Waals surface area (Å²) in [7, 11) is -4.32. The minimum Gasteiger partial charge on any atom is -0.457 e. The van der Waals surface area contributed by atoms with Gasteiger partial charge in [-0.1, -0.05) is 185 Å². The Kier molecular flexibility index (Phi) is 47.1. The lowest BCUT2D eigenvalue weighted by molar-refractivity contribution is -0.154. The van der Waals surface area contributed by atoms with Gasteiger partial charge in [-0.3, -0.25) is 13.8 Å². The normalized spacial score (nSPS) is 14.8. The lowest BCUT2D eigenvalue weighted by Gasteiger charge is -2.19. The average Bonchev–Trinajstić information content (AvgIpc) is 3.29. The second-order valence-electron chi connectivity index (χ2n) is 14.9. The molecule has 0 aromatic rings. The first-order valence-corrected chi connectivity index (χ1v) is 25.5. The smallest absolute Gasteiger partial charge is 0.457 e. The van der Waals surface area contributed by atoms with Crippen LogP contribution in [-0.2, 0) is 27.9 Å². The number of ether oxygens (including phenoxy) is 2. The van der Waals surface area contributed by atoms with Crippen LogP contribution in [0.4, 0.5) is 0 Å². The predicted molar refractivity (Wildman–Crippen MR) is 274 cm³/mol. The largest absolute Gasteiger partial charge is 0.472 e. The highest BCUT2D eigenvalue weighted by Crippen LogP contribution is 2.43. The molecule has 0 amide bonds. The SMILES string of the molecule is CC/C=C\C/C=C\C/C=C\C/C=C\C/C=C\C/C=C\C/C=C\CCCCCCOCC(COP(=O)(O)OCCN)OC(=O)CC/C=C\C/C=C\C/C=C\C/C=C\C/C=C\C/C=C\CC. The van der Waals surface area contributed by atoms with Crippen molar-refractivity contribution in [3.8, 4) is 0 Å². The minimum atomic E-state index is -4.32. The molecule has 0 aliphatic heterocycles. The van der Waals surface area contributed by atoms with Gasteiger partial charge in [-0.2, -0.15) is 0 Å². The van der Waals surface area contributed by atoms with E-state index >= 15 is 0 Å². The average molecular weight is 904 g/mol. The van der Waals surface area contributed by atoms with E-state index in [9.17, 15) is 14.3 Å². The standard InChI is InChI=1S/C55H86NO7P/c1-3-5-7-9-11-13-15-17-19-21-23-24-25-26-27-28-29-31-33-35-37-39-41-43-45-47-50-60-52-54(53-62-64(58,59)61-51-49-56)63-55(57)48-46-44-42-40-38-36-34-32-30-22-20-18-16-14-12-10-8-6-4-2/h5-8,11-14,17-20,23-24,26-27,29-32,35-38,42,44,54H,3-4,9-10,15-16,21-22,25,28,33-34,39-41,43,45-53,56H2,1-2H3,(H,58,59)/b7-5-,8-6-,13-11-,14-12-,19-17-,20-18-,24-23-,27-26-,31-29-,32-30-,37-35-,38-36-,44-42-. The number of allylic oxidation sites excluding steroid dienone is 26. The first-order valence-electron chi connectivity index (χ1n) is 24.0. The van der Waals surface area contributed by atoms with Crippen molar-refractivity contribution in [2.75, 3.05) is 33.0 Å². The summed E-state index contributed by atoms with van der Waals surface area (Å²) in [5, 5.41) is 0. The van der Waals surface area contributed by atoms with Crippen molar-refractivity contribution in [2.24, 2.45) is 5.73 Å². The Labute approximate surface area is 390 Å². The van der Waals surface area contributed by atoms with Crippen molar-refractivity contribution in [3.63, 3.8) is 0 Å². The number of rotatable bonds is 43. The van der Waals surface area contributed by atoms with E-state index in [1.165, 1.54) is 0 Å². The Morgan fingerprint density at radius 2 is 0.828 bits per heavy atom. The first kappa shape index (κ1) is 60.1. The molecule has 0 heterocycles. The molecule has 0 bridgehead atoms. The number of phosphoric ester groups is 1. The van der Waals surface area contributed by atoms with Crippen molar-refractivity contribution in [1.29, 1.82) is 0 Å². The summed E-state index contributed by atoms with van der Waals surface area (Å²) < 4.78 is 33.4. The molecular formula is C55H86NO7P. The van der Waals surface area contributed by atoms with E-state index in [-0.39, 0.29) is 32.8 Å². The maximum absolute atomic E-state index is 12.6. The number of phosphoric acid groups is 1. The van der Waals surface area contributed by atoms with Crippen LogP contribution in [0.2, 0.25) is 0 Å². The highest BCUT2D eigenvalue weighted by Gasteiger charge is 2.25. The third-order valence-corrected chi connectivity index (χ3v) is 9.94. The van der Waals surface area contributed by atoms with Crippen molar-refractivity contribution in [2.45, 2.75) is 148 Å². The monoisotopic (exact) mass is 904 g/mol. The molecule has 0 radical (unpaired) electrons. The Hall–Kier alpha value is -3.88. The van der Waals surface area contributed by atoms with Crippen LogP contribution in [-0.4, -0.2) is 49.9 Å². The summed E-state index contributed by atoms with van der Waals surface area (Å²) >= 11 is 0. The van der Waals surface area contributed by atoms with Crippen LogP contribution < -0.4 is 5.73 Å². The Morgan fingerprint density at radius 3 is 1.22 bits per heavy atom. The lowest BCUT2D eigenvalue weighted by atomic mass is 10.1. The van der Waals surface area contributed by atoms with Gasteiger partial charge >= 0.3 is 13.8 Å². The van der Waals surface area contributed by atoms with Gasteiger partial charge < -0.3 is 20.1 Å². The summed E-state index contributed by atoms with van der Waals surface area (Å²) in [6.07, 6.45) is 74.3. The third kappa shape index (κ3) is 49.1. The minimum absolute atomic E-state index is 0.0554. The van der Waals surface area contributed by atoms with Crippen molar-refractivity contribution in [3.05, 3.63) is 158 Å². The molecule has 0 aromatic carbocycles. The molecule has 2 unspecified atom stereocenters. The van der Waals surface area contributed by atoms with E-state index in [1.54, 1.807) is 0 Å². The molecule has 358 valence electrons. The van der Waals surface area contributed by atoms with Gasteiger partial charge in [-0.25, -0.2) is 4.57 Å². The van der Waals surface area contributed by atoms with Crippen molar-refractivity contribution >= 4 is 13.8 Å². The Morgan fingerprint density at radius 1 is 0.469 bits per heavy atom. The summed E-state index contributed by atoms with van der Waals surface area (Å²) in [4.78, 5) is 22.5. The number of esters is 1. The predicted octanol–water partition coefficient (Wildman–Crippen LogP) is 15.1. The molecule has 3 N–H and O–H groups in total. The molecule has 0 aliphatic rings. The van der Waals surface area contributed by atoms with E-state index in [1.807, 2.05) is 12.2 Å². The van der Waals surface area contributed by atoms with E-state index in [0.717, 1.165) is 116 Å². The summed E-state index contributed by atoms with van der Waals surface area (Å²) in [5.41, 5.74) is 5.37. The molecule has 8 nitrogen and oxygen atoms in total. The van der Waals surface area contributed by atoms with E-state index in [2.05, 4.69) is 160 Å². The lowest BCUT2D eigenvalue weighted by Crippen LogP contribution is -2.28. The number of nitrogens with two attached hydrogens (primary N) is 1. The topological polar surface area (TPSA) is 117 Å². The molecule has 64 heavy (non-hydrogen) atoms. The molecule has 9 heteroatoms. The number of carbonyl (C=O) groups excluding carboxylic acids is 1. The second-order valence-corrected chi connectivity index (χ2v) is 16.3.